The van der Waals surface area contributed by atoms with Gasteiger partial charge in [0.2, 0.25) is 27.6 Å². The van der Waals surface area contributed by atoms with E-state index in [2.05, 4.69) is 15.0 Å². The summed E-state index contributed by atoms with van der Waals surface area (Å²) >= 11 is 0. The van der Waals surface area contributed by atoms with Crippen molar-refractivity contribution >= 4 is 15.9 Å². The standard InChI is InChI=1S/C26H31N5O4S/c1-20-7-5-8-21(17-20)25-27-24(35-28-25)19-29-12-6-9-22(18-29)26(32)30-13-15-31(16-14-30)36(33,34)23-10-3-2-4-11-23/h2-5,7-8,10-11,17,22H,6,9,12-16,18-19H2,1H3. The molecule has 1 unspecified atom stereocenters. The zero-order valence-electron chi connectivity index (χ0n) is 20.4. The number of hydrogen-bond acceptors (Lipinski definition) is 7. The Morgan fingerprint density at radius 2 is 1.81 bits per heavy atom. The van der Waals surface area contributed by atoms with Crippen LogP contribution in [0.15, 0.2) is 64.0 Å². The maximum Gasteiger partial charge on any atom is 0.243 e. The largest absolute Gasteiger partial charge is 0.340 e. The van der Waals surface area contributed by atoms with E-state index in [9.17, 15) is 13.2 Å². The number of benzene rings is 2. The molecular weight excluding hydrogens is 478 g/mol. The van der Waals surface area contributed by atoms with Gasteiger partial charge in [0.1, 0.15) is 0 Å². The SMILES string of the molecule is Cc1cccc(-c2noc(CN3CCCC(C(=O)N4CCN(S(=O)(=O)c5ccccc5)CC4)C3)n2)c1. The zero-order chi connectivity index (χ0) is 25.1. The van der Waals surface area contributed by atoms with Crippen LogP contribution in [0.5, 0.6) is 0 Å². The van der Waals surface area contributed by atoms with E-state index in [1.165, 1.54) is 4.31 Å². The van der Waals surface area contributed by atoms with E-state index >= 15 is 0 Å². The maximum absolute atomic E-state index is 13.3. The van der Waals surface area contributed by atoms with E-state index in [-0.39, 0.29) is 11.8 Å². The van der Waals surface area contributed by atoms with Gasteiger partial charge in [0.15, 0.2) is 0 Å². The Morgan fingerprint density at radius 3 is 2.56 bits per heavy atom. The fourth-order valence-corrected chi connectivity index (χ4v) is 6.40. The Bertz CT molecular complexity index is 1300. The van der Waals surface area contributed by atoms with Crippen LogP contribution in [0.1, 0.15) is 24.3 Å². The molecule has 3 aromatic rings. The lowest BCUT2D eigenvalue weighted by molar-refractivity contribution is -0.138. The summed E-state index contributed by atoms with van der Waals surface area (Å²) in [4.78, 5) is 22.1. The van der Waals surface area contributed by atoms with Crippen LogP contribution in [0, 0.1) is 12.8 Å². The van der Waals surface area contributed by atoms with Crippen molar-refractivity contribution in [2.45, 2.75) is 31.2 Å². The fourth-order valence-electron chi connectivity index (χ4n) is 4.96. The van der Waals surface area contributed by atoms with Crippen molar-refractivity contribution in [3.8, 4) is 11.4 Å². The second-order valence-electron chi connectivity index (χ2n) is 9.50. The molecule has 10 heteroatoms. The van der Waals surface area contributed by atoms with Gasteiger partial charge in [0.25, 0.3) is 0 Å². The number of carbonyl (C=O) groups excluding carboxylic acids is 1. The van der Waals surface area contributed by atoms with Gasteiger partial charge in [0.05, 0.1) is 17.4 Å². The lowest BCUT2D eigenvalue weighted by Crippen LogP contribution is -2.53. The van der Waals surface area contributed by atoms with E-state index in [4.69, 9.17) is 4.52 Å². The van der Waals surface area contributed by atoms with Crippen molar-refractivity contribution in [3.63, 3.8) is 0 Å². The van der Waals surface area contributed by atoms with Crippen molar-refractivity contribution in [3.05, 3.63) is 66.1 Å². The molecule has 0 radical (unpaired) electrons. The van der Waals surface area contributed by atoms with Crippen LogP contribution in [0.3, 0.4) is 0 Å². The van der Waals surface area contributed by atoms with E-state index in [1.807, 2.05) is 36.1 Å². The number of sulfonamides is 1. The monoisotopic (exact) mass is 509 g/mol. The van der Waals surface area contributed by atoms with Crippen LogP contribution in [-0.2, 0) is 21.4 Å². The molecule has 2 aliphatic rings. The minimum atomic E-state index is -3.54. The average Bonchev–Trinajstić information content (AvgIpc) is 3.37. The Kier molecular flexibility index (Phi) is 7.17. The normalized spacial score (nSPS) is 19.9. The minimum Gasteiger partial charge on any atom is -0.340 e. The summed E-state index contributed by atoms with van der Waals surface area (Å²) in [5.74, 6) is 1.10. The molecular formula is C26H31N5O4S. The first-order valence-corrected chi connectivity index (χ1v) is 13.8. The van der Waals surface area contributed by atoms with Crippen LogP contribution < -0.4 is 0 Å². The van der Waals surface area contributed by atoms with Crippen LogP contribution in [0.25, 0.3) is 11.4 Å². The molecule has 0 N–H and O–H groups in total. The van der Waals surface area contributed by atoms with Crippen molar-refractivity contribution in [1.82, 2.24) is 24.2 Å². The van der Waals surface area contributed by atoms with E-state index < -0.39 is 10.0 Å². The summed E-state index contributed by atoms with van der Waals surface area (Å²) in [7, 11) is -3.54. The molecule has 190 valence electrons. The Balaban J connectivity index is 1.16. The van der Waals surface area contributed by atoms with Gasteiger partial charge in [-0.2, -0.15) is 9.29 Å². The molecule has 1 amide bonds. The van der Waals surface area contributed by atoms with Gasteiger partial charge >= 0.3 is 0 Å². The molecule has 2 fully saturated rings. The fraction of sp³-hybridized carbons (Fsp3) is 0.423. The summed E-state index contributed by atoms with van der Waals surface area (Å²) in [6.45, 7) is 5.46. The zero-order valence-corrected chi connectivity index (χ0v) is 21.2. The molecule has 2 saturated heterocycles. The molecule has 36 heavy (non-hydrogen) atoms. The number of rotatable bonds is 6. The minimum absolute atomic E-state index is 0.0995. The lowest BCUT2D eigenvalue weighted by atomic mass is 9.96. The smallest absolute Gasteiger partial charge is 0.243 e. The molecule has 3 heterocycles. The summed E-state index contributed by atoms with van der Waals surface area (Å²) < 4.78 is 32.7. The number of hydrogen-bond donors (Lipinski definition) is 0. The topological polar surface area (TPSA) is 99.9 Å². The molecule has 0 spiro atoms. The number of amides is 1. The molecule has 0 saturated carbocycles. The van der Waals surface area contributed by atoms with Crippen molar-refractivity contribution in [2.24, 2.45) is 5.92 Å². The first-order chi connectivity index (χ1) is 17.4. The third-order valence-electron chi connectivity index (χ3n) is 6.89. The third kappa shape index (κ3) is 5.35. The van der Waals surface area contributed by atoms with Gasteiger partial charge in [-0.3, -0.25) is 9.69 Å². The highest BCUT2D eigenvalue weighted by molar-refractivity contribution is 7.89. The predicted molar refractivity (Wildman–Crippen MR) is 134 cm³/mol. The predicted octanol–water partition coefficient (Wildman–Crippen LogP) is 2.79. The van der Waals surface area contributed by atoms with Crippen LogP contribution >= 0.6 is 0 Å². The summed E-state index contributed by atoms with van der Waals surface area (Å²) in [6, 6.07) is 16.4. The van der Waals surface area contributed by atoms with Crippen molar-refractivity contribution in [2.75, 3.05) is 39.3 Å². The number of carbonyl (C=O) groups is 1. The summed E-state index contributed by atoms with van der Waals surface area (Å²) in [5.41, 5.74) is 2.06. The number of likely N-dealkylation sites (tertiary alicyclic amines) is 1. The molecule has 5 rings (SSSR count). The maximum atomic E-state index is 13.3. The van der Waals surface area contributed by atoms with E-state index in [0.717, 1.165) is 30.5 Å². The van der Waals surface area contributed by atoms with Crippen molar-refractivity contribution in [1.29, 1.82) is 0 Å². The molecule has 1 aromatic heterocycles. The molecule has 9 nitrogen and oxygen atoms in total. The second kappa shape index (κ2) is 10.5. The Labute approximate surface area is 211 Å². The number of aromatic nitrogens is 2. The van der Waals surface area contributed by atoms with Gasteiger partial charge in [-0.15, -0.1) is 0 Å². The molecule has 2 aromatic carbocycles. The number of piperidine rings is 1. The van der Waals surface area contributed by atoms with Crippen LogP contribution in [0.4, 0.5) is 0 Å². The van der Waals surface area contributed by atoms with Gasteiger partial charge in [-0.05, 0) is 44.5 Å². The average molecular weight is 510 g/mol. The highest BCUT2D eigenvalue weighted by Gasteiger charge is 2.34. The van der Waals surface area contributed by atoms with Gasteiger partial charge in [-0.1, -0.05) is 47.1 Å². The van der Waals surface area contributed by atoms with Crippen LogP contribution in [-0.4, -0.2) is 77.8 Å². The number of nitrogens with zero attached hydrogens (tertiary/aromatic N) is 5. The molecule has 0 aliphatic carbocycles. The van der Waals surface area contributed by atoms with E-state index in [1.54, 1.807) is 30.3 Å². The number of piperazine rings is 1. The second-order valence-corrected chi connectivity index (χ2v) is 11.4. The molecule has 0 bridgehead atoms. The molecule has 2 aliphatic heterocycles. The first kappa shape index (κ1) is 24.6. The highest BCUT2D eigenvalue weighted by Crippen LogP contribution is 2.24. The lowest BCUT2D eigenvalue weighted by Gasteiger charge is -2.38. The van der Waals surface area contributed by atoms with Crippen molar-refractivity contribution < 1.29 is 17.7 Å². The highest BCUT2D eigenvalue weighted by atomic mass is 32.2. The van der Waals surface area contributed by atoms with E-state index in [0.29, 0.717) is 55.9 Å². The summed E-state index contributed by atoms with van der Waals surface area (Å²) in [5, 5.41) is 4.13. The quantitative estimate of drug-likeness (QED) is 0.504. The number of aryl methyl sites for hydroxylation is 1. The van der Waals surface area contributed by atoms with Gasteiger partial charge in [-0.25, -0.2) is 8.42 Å². The van der Waals surface area contributed by atoms with Crippen LogP contribution in [0.2, 0.25) is 0 Å². The summed E-state index contributed by atoms with van der Waals surface area (Å²) in [6.07, 6.45) is 1.74. The van der Waals surface area contributed by atoms with Gasteiger partial charge < -0.3 is 9.42 Å². The third-order valence-corrected chi connectivity index (χ3v) is 8.80. The first-order valence-electron chi connectivity index (χ1n) is 12.4. The molecule has 1 atom stereocenters. The van der Waals surface area contributed by atoms with Gasteiger partial charge in [0, 0.05) is 38.3 Å². The Morgan fingerprint density at radius 1 is 1.03 bits per heavy atom. The Hall–Kier alpha value is -3.08.